The van der Waals surface area contributed by atoms with Crippen LogP contribution >= 0.6 is 0 Å². The number of aromatic nitrogens is 5. The summed E-state index contributed by atoms with van der Waals surface area (Å²) < 4.78 is 3.51. The highest BCUT2D eigenvalue weighted by Crippen LogP contribution is 2.21. The molecule has 0 atom stereocenters. The van der Waals surface area contributed by atoms with E-state index in [0.29, 0.717) is 18.7 Å². The van der Waals surface area contributed by atoms with E-state index < -0.39 is 0 Å². The van der Waals surface area contributed by atoms with Crippen molar-refractivity contribution in [3.63, 3.8) is 0 Å². The first-order valence-corrected chi connectivity index (χ1v) is 8.35. The van der Waals surface area contributed by atoms with Crippen molar-refractivity contribution in [2.24, 2.45) is 14.1 Å². The Labute approximate surface area is 145 Å². The van der Waals surface area contributed by atoms with Gasteiger partial charge in [0.05, 0.1) is 29.0 Å². The molecule has 130 valence electrons. The number of amides is 1. The van der Waals surface area contributed by atoms with Gasteiger partial charge in [0.25, 0.3) is 5.91 Å². The van der Waals surface area contributed by atoms with Crippen LogP contribution in [-0.2, 0) is 14.1 Å². The maximum Gasteiger partial charge on any atom is 0.254 e. The normalized spacial score (nSPS) is 15.2. The van der Waals surface area contributed by atoms with Gasteiger partial charge in [0, 0.05) is 52.2 Å². The van der Waals surface area contributed by atoms with E-state index in [-0.39, 0.29) is 5.91 Å². The lowest BCUT2D eigenvalue weighted by atomic mass is 10.1. The summed E-state index contributed by atoms with van der Waals surface area (Å²) in [5.41, 5.74) is 3.36. The van der Waals surface area contributed by atoms with Crippen LogP contribution < -0.4 is 4.90 Å². The molecule has 0 aliphatic carbocycles. The summed E-state index contributed by atoms with van der Waals surface area (Å²) in [6.07, 6.45) is 5.59. The molecule has 0 unspecified atom stereocenters. The molecule has 8 nitrogen and oxygen atoms in total. The van der Waals surface area contributed by atoms with Gasteiger partial charge in [-0.3, -0.25) is 14.2 Å². The van der Waals surface area contributed by atoms with E-state index in [9.17, 15) is 4.79 Å². The molecular weight excluding hydrogens is 318 g/mol. The van der Waals surface area contributed by atoms with Gasteiger partial charge in [-0.15, -0.1) is 0 Å². The fraction of sp³-hybridized carbons (Fsp3) is 0.412. The van der Waals surface area contributed by atoms with Gasteiger partial charge in [-0.1, -0.05) is 0 Å². The van der Waals surface area contributed by atoms with Crippen molar-refractivity contribution in [2.45, 2.75) is 6.92 Å². The number of aryl methyl sites for hydroxylation is 3. The van der Waals surface area contributed by atoms with Gasteiger partial charge >= 0.3 is 0 Å². The third-order valence-electron chi connectivity index (χ3n) is 4.69. The number of carbonyl (C=O) groups excluding carboxylic acids is 1. The number of nitrogens with zero attached hydrogens (tertiary/aromatic N) is 7. The second-order valence-electron chi connectivity index (χ2n) is 6.47. The summed E-state index contributed by atoms with van der Waals surface area (Å²) in [4.78, 5) is 21.7. The Balaban J connectivity index is 1.55. The average molecular weight is 339 g/mol. The van der Waals surface area contributed by atoms with E-state index in [0.717, 1.165) is 35.5 Å². The highest BCUT2D eigenvalue weighted by atomic mass is 16.2. The van der Waals surface area contributed by atoms with Crippen LogP contribution in [0.25, 0.3) is 11.0 Å². The summed E-state index contributed by atoms with van der Waals surface area (Å²) in [5.74, 6) is 0.0503. The number of anilines is 1. The van der Waals surface area contributed by atoms with Crippen molar-refractivity contribution in [2.75, 3.05) is 31.1 Å². The first-order valence-electron chi connectivity index (χ1n) is 8.35. The number of hydrogen-bond acceptors (Lipinski definition) is 5. The van der Waals surface area contributed by atoms with Crippen molar-refractivity contribution >= 4 is 22.6 Å². The number of carbonyl (C=O) groups is 1. The molecule has 1 fully saturated rings. The Bertz CT molecular complexity index is 934. The lowest BCUT2D eigenvalue weighted by Crippen LogP contribution is -2.48. The number of rotatable bonds is 2. The maximum absolute atomic E-state index is 13.0. The van der Waals surface area contributed by atoms with Crippen LogP contribution in [0.5, 0.6) is 0 Å². The lowest BCUT2D eigenvalue weighted by molar-refractivity contribution is 0.0748. The predicted molar refractivity (Wildman–Crippen MR) is 94.6 cm³/mol. The zero-order chi connectivity index (χ0) is 17.6. The zero-order valence-electron chi connectivity index (χ0n) is 14.7. The molecule has 4 rings (SSSR count). The average Bonchev–Trinajstić information content (AvgIpc) is 3.20. The minimum Gasteiger partial charge on any atom is -0.365 e. The third-order valence-corrected chi connectivity index (χ3v) is 4.69. The SMILES string of the molecule is Cc1cc(C(=O)N2CCN(c3cnn(C)c3)CC2)c2cnn(C)c2n1. The minimum atomic E-state index is 0.0503. The fourth-order valence-electron chi connectivity index (χ4n) is 3.33. The van der Waals surface area contributed by atoms with E-state index in [2.05, 4.69) is 20.1 Å². The minimum absolute atomic E-state index is 0.0503. The van der Waals surface area contributed by atoms with E-state index in [1.807, 2.05) is 44.4 Å². The second-order valence-corrected chi connectivity index (χ2v) is 6.47. The van der Waals surface area contributed by atoms with Crippen molar-refractivity contribution in [3.05, 3.63) is 35.9 Å². The molecule has 0 radical (unpaired) electrons. The summed E-state index contributed by atoms with van der Waals surface area (Å²) in [7, 11) is 3.75. The number of fused-ring (bicyclic) bond motifs is 1. The lowest BCUT2D eigenvalue weighted by Gasteiger charge is -2.35. The van der Waals surface area contributed by atoms with Crippen LogP contribution in [0, 0.1) is 6.92 Å². The van der Waals surface area contributed by atoms with Crippen LogP contribution in [-0.4, -0.2) is 61.5 Å². The molecule has 8 heteroatoms. The number of pyridine rings is 1. The van der Waals surface area contributed by atoms with E-state index >= 15 is 0 Å². The van der Waals surface area contributed by atoms with Gasteiger partial charge in [-0.2, -0.15) is 10.2 Å². The summed E-state index contributed by atoms with van der Waals surface area (Å²) in [5, 5.41) is 9.28. The zero-order valence-corrected chi connectivity index (χ0v) is 14.7. The standard InChI is InChI=1S/C17H21N7O/c1-12-8-14(15-10-19-22(3)16(15)20-12)17(25)24-6-4-23(5-7-24)13-9-18-21(2)11-13/h8-11H,4-7H2,1-3H3. The summed E-state index contributed by atoms with van der Waals surface area (Å²) in [6, 6.07) is 1.86. The van der Waals surface area contributed by atoms with Crippen LogP contribution in [0.15, 0.2) is 24.7 Å². The first-order chi connectivity index (χ1) is 12.0. The van der Waals surface area contributed by atoms with Gasteiger partial charge < -0.3 is 9.80 Å². The van der Waals surface area contributed by atoms with Crippen molar-refractivity contribution in [1.82, 2.24) is 29.4 Å². The molecule has 3 aromatic rings. The molecule has 25 heavy (non-hydrogen) atoms. The predicted octanol–water partition coefficient (Wildman–Crippen LogP) is 0.973. The first kappa shape index (κ1) is 15.6. The van der Waals surface area contributed by atoms with Crippen molar-refractivity contribution in [1.29, 1.82) is 0 Å². The Hall–Kier alpha value is -2.90. The van der Waals surface area contributed by atoms with E-state index in [1.165, 1.54) is 0 Å². The number of hydrogen-bond donors (Lipinski definition) is 0. The molecule has 1 amide bonds. The highest BCUT2D eigenvalue weighted by Gasteiger charge is 2.25. The van der Waals surface area contributed by atoms with E-state index in [1.54, 1.807) is 15.6 Å². The molecule has 0 saturated carbocycles. The van der Waals surface area contributed by atoms with Gasteiger partial charge in [0.1, 0.15) is 0 Å². The Morgan fingerprint density at radius 1 is 1.08 bits per heavy atom. The van der Waals surface area contributed by atoms with Gasteiger partial charge in [-0.05, 0) is 13.0 Å². The monoisotopic (exact) mass is 339 g/mol. The topological polar surface area (TPSA) is 72.1 Å². The van der Waals surface area contributed by atoms with Gasteiger partial charge in [0.2, 0.25) is 0 Å². The highest BCUT2D eigenvalue weighted by molar-refractivity contribution is 6.05. The Kier molecular flexibility index (Phi) is 3.67. The second kappa shape index (κ2) is 5.87. The van der Waals surface area contributed by atoms with Crippen molar-refractivity contribution < 1.29 is 4.79 Å². The van der Waals surface area contributed by atoms with Crippen LogP contribution in [0.2, 0.25) is 0 Å². The maximum atomic E-state index is 13.0. The fourth-order valence-corrected chi connectivity index (χ4v) is 3.33. The third kappa shape index (κ3) is 2.73. The summed E-state index contributed by atoms with van der Waals surface area (Å²) in [6.45, 7) is 4.90. The van der Waals surface area contributed by atoms with Crippen LogP contribution in [0.3, 0.4) is 0 Å². The van der Waals surface area contributed by atoms with E-state index in [4.69, 9.17) is 0 Å². The summed E-state index contributed by atoms with van der Waals surface area (Å²) >= 11 is 0. The molecule has 0 aromatic carbocycles. The Morgan fingerprint density at radius 2 is 1.84 bits per heavy atom. The largest absolute Gasteiger partial charge is 0.365 e. The molecule has 4 heterocycles. The molecule has 1 saturated heterocycles. The molecule has 0 N–H and O–H groups in total. The van der Waals surface area contributed by atoms with Crippen LogP contribution in [0.4, 0.5) is 5.69 Å². The molecular formula is C17H21N7O. The Morgan fingerprint density at radius 3 is 2.52 bits per heavy atom. The smallest absolute Gasteiger partial charge is 0.254 e. The van der Waals surface area contributed by atoms with Crippen molar-refractivity contribution in [3.8, 4) is 0 Å². The molecule has 1 aliphatic rings. The number of piperazine rings is 1. The molecule has 1 aliphatic heterocycles. The molecule has 0 bridgehead atoms. The quantitative estimate of drug-likeness (QED) is 0.696. The molecule has 3 aromatic heterocycles. The molecule has 0 spiro atoms. The van der Waals surface area contributed by atoms with Crippen LogP contribution in [0.1, 0.15) is 16.1 Å². The van der Waals surface area contributed by atoms with Gasteiger partial charge in [-0.25, -0.2) is 4.98 Å². The van der Waals surface area contributed by atoms with Gasteiger partial charge in [0.15, 0.2) is 5.65 Å².